The topological polar surface area (TPSA) is 32.3 Å². The molecule has 3 rings (SSSR count). The van der Waals surface area contributed by atoms with Crippen LogP contribution in [0.5, 0.6) is 0 Å². The predicted octanol–water partition coefficient (Wildman–Crippen LogP) is 1.81. The number of nitrogens with one attached hydrogen (secondary N) is 1. The van der Waals surface area contributed by atoms with Gasteiger partial charge in [-0.1, -0.05) is 12.8 Å². The van der Waals surface area contributed by atoms with Gasteiger partial charge in [0.15, 0.2) is 0 Å². The van der Waals surface area contributed by atoms with Crippen LogP contribution in [0.25, 0.3) is 0 Å². The number of rotatable bonds is 2. The number of halogens is 1. The van der Waals surface area contributed by atoms with Crippen molar-refractivity contribution in [1.82, 2.24) is 10.2 Å². The molecule has 0 aromatic heterocycles. The maximum absolute atomic E-state index is 12.3. The predicted molar refractivity (Wildman–Crippen MR) is 70.3 cm³/mol. The Morgan fingerprint density at radius 3 is 2.35 bits per heavy atom. The van der Waals surface area contributed by atoms with Crippen LogP contribution in [-0.4, -0.2) is 36.5 Å². The highest BCUT2D eigenvalue weighted by Gasteiger charge is 2.39. The highest BCUT2D eigenvalue weighted by atomic mass is 35.5. The first-order valence-corrected chi connectivity index (χ1v) is 6.87. The summed E-state index contributed by atoms with van der Waals surface area (Å²) in [5, 5.41) is 3.20. The molecule has 0 spiro atoms. The summed E-state index contributed by atoms with van der Waals surface area (Å²) in [5.74, 6) is 1.55. The first-order valence-electron chi connectivity index (χ1n) is 6.87. The average Bonchev–Trinajstić information content (AvgIpc) is 2.85. The number of carbonyl (C=O) groups excluding carboxylic acids is 1. The molecule has 1 saturated carbocycles. The molecule has 0 aromatic carbocycles. The van der Waals surface area contributed by atoms with Crippen LogP contribution in [-0.2, 0) is 4.79 Å². The second-order valence-corrected chi connectivity index (χ2v) is 5.64. The molecule has 1 atom stereocenters. The van der Waals surface area contributed by atoms with E-state index < -0.39 is 0 Å². The highest BCUT2D eigenvalue weighted by Crippen LogP contribution is 2.36. The fourth-order valence-electron chi connectivity index (χ4n) is 3.60. The molecule has 2 heterocycles. The summed E-state index contributed by atoms with van der Waals surface area (Å²) < 4.78 is 0. The number of likely N-dealkylation sites (tertiary alicyclic amines) is 1. The Bertz CT molecular complexity index is 275. The Labute approximate surface area is 110 Å². The van der Waals surface area contributed by atoms with Crippen molar-refractivity contribution in [2.45, 2.75) is 44.6 Å². The van der Waals surface area contributed by atoms with E-state index in [2.05, 4.69) is 10.2 Å². The zero-order valence-electron chi connectivity index (χ0n) is 10.4. The average molecular weight is 259 g/mol. The number of hydrogen-bond acceptors (Lipinski definition) is 2. The number of carbonyl (C=O) groups is 1. The van der Waals surface area contributed by atoms with Crippen molar-refractivity contribution in [2.24, 2.45) is 11.8 Å². The molecule has 0 aromatic rings. The largest absolute Gasteiger partial charge is 0.339 e. The van der Waals surface area contributed by atoms with E-state index in [4.69, 9.17) is 0 Å². The number of nitrogens with zero attached hydrogens (tertiary/aromatic N) is 1. The molecular weight excluding hydrogens is 236 g/mol. The van der Waals surface area contributed by atoms with Gasteiger partial charge in [0.25, 0.3) is 0 Å². The Kier molecular flexibility index (Phi) is 4.31. The molecule has 2 saturated heterocycles. The lowest BCUT2D eigenvalue weighted by Crippen LogP contribution is -2.53. The SMILES string of the molecule is Cl.O=C(C1CNC1)N1CCCC1C1CCCC1. The molecule has 3 aliphatic rings. The van der Waals surface area contributed by atoms with E-state index in [1.54, 1.807) is 0 Å². The fraction of sp³-hybridized carbons (Fsp3) is 0.923. The molecule has 17 heavy (non-hydrogen) atoms. The van der Waals surface area contributed by atoms with Crippen molar-refractivity contribution >= 4 is 18.3 Å². The van der Waals surface area contributed by atoms with Crippen LogP contribution in [0.2, 0.25) is 0 Å². The lowest BCUT2D eigenvalue weighted by molar-refractivity contribution is -0.138. The molecule has 4 heteroatoms. The standard InChI is InChI=1S/C13H22N2O.ClH/c16-13(11-8-14-9-11)15-7-3-6-12(15)10-4-1-2-5-10;/h10-12,14H,1-9H2;1H. The van der Waals surface area contributed by atoms with Crippen molar-refractivity contribution in [1.29, 1.82) is 0 Å². The van der Waals surface area contributed by atoms with Gasteiger partial charge in [0.2, 0.25) is 5.91 Å². The van der Waals surface area contributed by atoms with Crippen molar-refractivity contribution in [3.8, 4) is 0 Å². The van der Waals surface area contributed by atoms with E-state index in [0.29, 0.717) is 17.9 Å². The monoisotopic (exact) mass is 258 g/mol. The second-order valence-electron chi connectivity index (χ2n) is 5.64. The quantitative estimate of drug-likeness (QED) is 0.819. The van der Waals surface area contributed by atoms with Gasteiger partial charge in [-0.25, -0.2) is 0 Å². The minimum atomic E-state index is 0. The Morgan fingerprint density at radius 2 is 1.76 bits per heavy atom. The lowest BCUT2D eigenvalue weighted by atomic mass is 9.94. The van der Waals surface area contributed by atoms with Crippen molar-refractivity contribution in [3.05, 3.63) is 0 Å². The third-order valence-electron chi connectivity index (χ3n) is 4.66. The number of amides is 1. The molecule has 1 unspecified atom stereocenters. The third-order valence-corrected chi connectivity index (χ3v) is 4.66. The van der Waals surface area contributed by atoms with Crippen molar-refractivity contribution < 1.29 is 4.79 Å². The normalized spacial score (nSPS) is 30.1. The van der Waals surface area contributed by atoms with Crippen molar-refractivity contribution in [2.75, 3.05) is 19.6 Å². The van der Waals surface area contributed by atoms with E-state index >= 15 is 0 Å². The summed E-state index contributed by atoms with van der Waals surface area (Å²) >= 11 is 0. The molecule has 0 bridgehead atoms. The van der Waals surface area contributed by atoms with Crippen LogP contribution in [0.15, 0.2) is 0 Å². The van der Waals surface area contributed by atoms with Crippen LogP contribution >= 0.6 is 12.4 Å². The minimum absolute atomic E-state index is 0. The van der Waals surface area contributed by atoms with E-state index in [0.717, 1.165) is 25.6 Å². The van der Waals surface area contributed by atoms with Crippen LogP contribution in [0.3, 0.4) is 0 Å². The van der Waals surface area contributed by atoms with E-state index in [1.807, 2.05) is 0 Å². The summed E-state index contributed by atoms with van der Waals surface area (Å²) in [6, 6.07) is 0.593. The lowest BCUT2D eigenvalue weighted by Gasteiger charge is -2.35. The third kappa shape index (κ3) is 2.45. The fourth-order valence-corrected chi connectivity index (χ4v) is 3.60. The van der Waals surface area contributed by atoms with Crippen LogP contribution in [0, 0.1) is 11.8 Å². The molecule has 1 amide bonds. The van der Waals surface area contributed by atoms with Crippen LogP contribution < -0.4 is 5.32 Å². The zero-order valence-corrected chi connectivity index (χ0v) is 11.2. The van der Waals surface area contributed by atoms with E-state index in [1.165, 1.54) is 38.5 Å². The minimum Gasteiger partial charge on any atom is -0.339 e. The van der Waals surface area contributed by atoms with Gasteiger partial charge in [0, 0.05) is 25.7 Å². The first-order chi connectivity index (χ1) is 7.86. The van der Waals surface area contributed by atoms with Gasteiger partial charge in [-0.15, -0.1) is 12.4 Å². The zero-order chi connectivity index (χ0) is 11.0. The summed E-state index contributed by atoms with van der Waals surface area (Å²) in [5.41, 5.74) is 0. The molecule has 3 nitrogen and oxygen atoms in total. The molecule has 3 fully saturated rings. The van der Waals surface area contributed by atoms with Crippen molar-refractivity contribution in [3.63, 3.8) is 0 Å². The first kappa shape index (κ1) is 13.2. The molecular formula is C13H23ClN2O. The summed E-state index contributed by atoms with van der Waals surface area (Å²) in [6.45, 7) is 2.84. The number of hydrogen-bond donors (Lipinski definition) is 1. The molecule has 98 valence electrons. The Hall–Kier alpha value is -0.280. The smallest absolute Gasteiger partial charge is 0.228 e. The Balaban J connectivity index is 0.00000108. The molecule has 1 aliphatic carbocycles. The molecule has 0 radical (unpaired) electrons. The van der Waals surface area contributed by atoms with E-state index in [9.17, 15) is 4.79 Å². The molecule has 2 aliphatic heterocycles. The summed E-state index contributed by atoms with van der Waals surface area (Å²) in [7, 11) is 0. The van der Waals surface area contributed by atoms with E-state index in [-0.39, 0.29) is 12.4 Å². The Morgan fingerprint density at radius 1 is 1.06 bits per heavy atom. The van der Waals surface area contributed by atoms with Gasteiger partial charge in [-0.3, -0.25) is 4.79 Å². The molecule has 1 N–H and O–H groups in total. The van der Waals surface area contributed by atoms with Crippen LogP contribution in [0.4, 0.5) is 0 Å². The van der Waals surface area contributed by atoms with Gasteiger partial charge in [0.1, 0.15) is 0 Å². The second kappa shape index (κ2) is 5.57. The maximum Gasteiger partial charge on any atom is 0.228 e. The summed E-state index contributed by atoms with van der Waals surface area (Å²) in [6.07, 6.45) is 7.97. The highest BCUT2D eigenvalue weighted by molar-refractivity contribution is 5.85. The van der Waals surface area contributed by atoms with Crippen LogP contribution in [0.1, 0.15) is 38.5 Å². The summed E-state index contributed by atoms with van der Waals surface area (Å²) in [4.78, 5) is 14.5. The van der Waals surface area contributed by atoms with Gasteiger partial charge in [-0.2, -0.15) is 0 Å². The van der Waals surface area contributed by atoms with Gasteiger partial charge < -0.3 is 10.2 Å². The van der Waals surface area contributed by atoms with Gasteiger partial charge in [0.05, 0.1) is 5.92 Å². The maximum atomic E-state index is 12.3. The van der Waals surface area contributed by atoms with Gasteiger partial charge in [-0.05, 0) is 31.6 Å². The van der Waals surface area contributed by atoms with Gasteiger partial charge >= 0.3 is 0 Å².